The molecule has 4 rings (SSSR count). The lowest BCUT2D eigenvalue weighted by molar-refractivity contribution is 0.0985. The zero-order chi connectivity index (χ0) is 21.1. The highest BCUT2D eigenvalue weighted by Crippen LogP contribution is 2.21. The lowest BCUT2D eigenvalue weighted by Crippen LogP contribution is -2.31. The molecule has 0 aliphatic heterocycles. The predicted molar refractivity (Wildman–Crippen MR) is 118 cm³/mol. The van der Waals surface area contributed by atoms with E-state index in [-0.39, 0.29) is 23.3 Å². The van der Waals surface area contributed by atoms with E-state index in [1.807, 2.05) is 74.5 Å². The van der Waals surface area contributed by atoms with Crippen LogP contribution in [0.3, 0.4) is 0 Å². The van der Waals surface area contributed by atoms with Crippen molar-refractivity contribution in [1.29, 1.82) is 0 Å². The first-order valence-corrected chi connectivity index (χ1v) is 9.80. The Morgan fingerprint density at radius 3 is 2.50 bits per heavy atom. The van der Waals surface area contributed by atoms with E-state index in [1.165, 1.54) is 0 Å². The smallest absolute Gasteiger partial charge is 0.292 e. The number of amides is 2. The molecule has 30 heavy (non-hydrogen) atoms. The Morgan fingerprint density at radius 1 is 1.00 bits per heavy atom. The molecule has 0 fully saturated rings. The minimum Gasteiger partial charge on any atom is -0.319 e. The molecular formula is C24H22N4O2. The maximum atomic E-state index is 13.3. The molecular weight excluding hydrogens is 376 g/mol. The van der Waals surface area contributed by atoms with Gasteiger partial charge in [0.15, 0.2) is 5.69 Å². The number of pyridine rings is 1. The van der Waals surface area contributed by atoms with Gasteiger partial charge in [0, 0.05) is 24.1 Å². The number of carbonyl (C=O) groups excluding carboxylic acids is 2. The molecule has 4 aromatic rings. The van der Waals surface area contributed by atoms with E-state index >= 15 is 0 Å². The number of aryl methyl sites for hydroxylation is 1. The summed E-state index contributed by atoms with van der Waals surface area (Å²) in [7, 11) is 0. The summed E-state index contributed by atoms with van der Waals surface area (Å²) in [5.74, 6) is -0.454. The van der Waals surface area contributed by atoms with Gasteiger partial charge in [-0.1, -0.05) is 36.4 Å². The van der Waals surface area contributed by atoms with Crippen molar-refractivity contribution in [3.63, 3.8) is 0 Å². The molecule has 0 aliphatic carbocycles. The van der Waals surface area contributed by atoms with Crippen LogP contribution in [0, 0.1) is 6.92 Å². The lowest BCUT2D eigenvalue weighted by atomic mass is 10.2. The van der Waals surface area contributed by atoms with Crippen molar-refractivity contribution in [2.45, 2.75) is 13.8 Å². The number of benzene rings is 2. The Labute approximate surface area is 174 Å². The molecule has 2 aromatic carbocycles. The molecule has 6 heteroatoms. The number of imidazole rings is 1. The van der Waals surface area contributed by atoms with Gasteiger partial charge in [-0.3, -0.25) is 14.0 Å². The molecule has 0 spiro atoms. The third kappa shape index (κ3) is 3.67. The number of hydrogen-bond donors (Lipinski definition) is 1. The second kappa shape index (κ2) is 8.21. The van der Waals surface area contributed by atoms with E-state index in [4.69, 9.17) is 0 Å². The molecule has 2 heterocycles. The SMILES string of the molecule is CCN(C(=O)c1nc(C(=O)Nc2cccc(C)c2)n2ccccc12)c1ccccc1. The first kappa shape index (κ1) is 19.4. The Balaban J connectivity index is 1.73. The summed E-state index contributed by atoms with van der Waals surface area (Å²) >= 11 is 0. The number of aromatic nitrogens is 2. The minimum atomic E-state index is -0.372. The van der Waals surface area contributed by atoms with Gasteiger partial charge in [-0.2, -0.15) is 0 Å². The summed E-state index contributed by atoms with van der Waals surface area (Å²) in [6.07, 6.45) is 1.74. The molecule has 0 radical (unpaired) electrons. The van der Waals surface area contributed by atoms with Crippen molar-refractivity contribution in [3.05, 3.63) is 96.1 Å². The number of rotatable bonds is 5. The highest BCUT2D eigenvalue weighted by Gasteiger charge is 2.25. The second-order valence-electron chi connectivity index (χ2n) is 6.95. The van der Waals surface area contributed by atoms with Gasteiger partial charge in [0.05, 0.1) is 5.52 Å². The average Bonchev–Trinajstić information content (AvgIpc) is 3.15. The van der Waals surface area contributed by atoms with Gasteiger partial charge in [-0.25, -0.2) is 4.98 Å². The summed E-state index contributed by atoms with van der Waals surface area (Å²) in [6, 6.07) is 22.4. The molecule has 6 nitrogen and oxygen atoms in total. The van der Waals surface area contributed by atoms with E-state index < -0.39 is 0 Å². The van der Waals surface area contributed by atoms with Crippen molar-refractivity contribution in [3.8, 4) is 0 Å². The molecule has 0 unspecified atom stereocenters. The van der Waals surface area contributed by atoms with E-state index in [0.29, 0.717) is 17.7 Å². The summed E-state index contributed by atoms with van der Waals surface area (Å²) in [5, 5.41) is 2.87. The first-order chi connectivity index (χ1) is 14.6. The molecule has 0 saturated heterocycles. The van der Waals surface area contributed by atoms with Gasteiger partial charge in [0.25, 0.3) is 11.8 Å². The zero-order valence-corrected chi connectivity index (χ0v) is 16.9. The molecule has 150 valence electrons. The van der Waals surface area contributed by atoms with E-state index in [2.05, 4.69) is 10.3 Å². The van der Waals surface area contributed by atoms with E-state index in [0.717, 1.165) is 11.3 Å². The largest absolute Gasteiger partial charge is 0.319 e. The summed E-state index contributed by atoms with van der Waals surface area (Å²) < 4.78 is 1.65. The normalized spacial score (nSPS) is 10.7. The molecule has 0 bridgehead atoms. The molecule has 1 N–H and O–H groups in total. The molecule has 0 atom stereocenters. The second-order valence-corrected chi connectivity index (χ2v) is 6.95. The lowest BCUT2D eigenvalue weighted by Gasteiger charge is -2.20. The van der Waals surface area contributed by atoms with Gasteiger partial charge in [-0.15, -0.1) is 0 Å². The van der Waals surface area contributed by atoms with Crippen molar-refractivity contribution >= 4 is 28.7 Å². The van der Waals surface area contributed by atoms with Gasteiger partial charge in [0.2, 0.25) is 5.82 Å². The van der Waals surface area contributed by atoms with Crippen molar-refractivity contribution < 1.29 is 9.59 Å². The number of hydrogen-bond acceptors (Lipinski definition) is 3. The van der Waals surface area contributed by atoms with Crippen molar-refractivity contribution in [2.75, 3.05) is 16.8 Å². The standard InChI is InChI=1S/C24H22N4O2/c1-3-27(19-12-5-4-6-13-19)24(30)21-20-14-7-8-15-28(20)22(26-21)23(29)25-18-11-9-10-17(2)16-18/h4-16H,3H2,1-2H3,(H,25,29). The van der Waals surface area contributed by atoms with Crippen LogP contribution in [0.4, 0.5) is 11.4 Å². The van der Waals surface area contributed by atoms with Crippen molar-refractivity contribution in [1.82, 2.24) is 9.38 Å². The quantitative estimate of drug-likeness (QED) is 0.536. The Morgan fingerprint density at radius 2 is 1.77 bits per heavy atom. The van der Waals surface area contributed by atoms with Crippen LogP contribution in [0.25, 0.3) is 5.52 Å². The Hall–Kier alpha value is -3.93. The van der Waals surface area contributed by atoms with Gasteiger partial charge in [-0.05, 0) is 55.8 Å². The third-order valence-electron chi connectivity index (χ3n) is 4.86. The van der Waals surface area contributed by atoms with E-state index in [9.17, 15) is 9.59 Å². The molecule has 0 saturated carbocycles. The van der Waals surface area contributed by atoms with Crippen LogP contribution in [0.1, 0.15) is 33.6 Å². The number of nitrogens with one attached hydrogen (secondary N) is 1. The number of fused-ring (bicyclic) bond motifs is 1. The average molecular weight is 398 g/mol. The topological polar surface area (TPSA) is 66.7 Å². The zero-order valence-electron chi connectivity index (χ0n) is 16.9. The summed E-state index contributed by atoms with van der Waals surface area (Å²) in [4.78, 5) is 32.4. The Bertz CT molecular complexity index is 1210. The fourth-order valence-corrected chi connectivity index (χ4v) is 3.44. The molecule has 2 amide bonds. The predicted octanol–water partition coefficient (Wildman–Crippen LogP) is 4.56. The summed E-state index contributed by atoms with van der Waals surface area (Å²) in [5.41, 5.74) is 3.34. The third-order valence-corrected chi connectivity index (χ3v) is 4.86. The van der Waals surface area contributed by atoms with Crippen molar-refractivity contribution in [2.24, 2.45) is 0 Å². The summed E-state index contributed by atoms with van der Waals surface area (Å²) in [6.45, 7) is 4.36. The van der Waals surface area contributed by atoms with Crippen LogP contribution in [0.2, 0.25) is 0 Å². The fraction of sp³-hybridized carbons (Fsp3) is 0.125. The number of carbonyl (C=O) groups is 2. The number of nitrogens with zero attached hydrogens (tertiary/aromatic N) is 3. The molecule has 2 aromatic heterocycles. The first-order valence-electron chi connectivity index (χ1n) is 9.80. The monoisotopic (exact) mass is 398 g/mol. The van der Waals surface area contributed by atoms with Crippen LogP contribution >= 0.6 is 0 Å². The van der Waals surface area contributed by atoms with Gasteiger partial charge in [0.1, 0.15) is 0 Å². The van der Waals surface area contributed by atoms with Crippen LogP contribution < -0.4 is 10.2 Å². The Kier molecular flexibility index (Phi) is 5.30. The highest BCUT2D eigenvalue weighted by molar-refractivity contribution is 6.11. The maximum absolute atomic E-state index is 13.3. The van der Waals surface area contributed by atoms with Gasteiger partial charge >= 0.3 is 0 Å². The fourth-order valence-electron chi connectivity index (χ4n) is 3.44. The maximum Gasteiger partial charge on any atom is 0.292 e. The highest BCUT2D eigenvalue weighted by atomic mass is 16.2. The van der Waals surface area contributed by atoms with Crippen LogP contribution in [0.15, 0.2) is 79.0 Å². The number of anilines is 2. The van der Waals surface area contributed by atoms with Crippen LogP contribution in [-0.2, 0) is 0 Å². The number of para-hydroxylation sites is 1. The van der Waals surface area contributed by atoms with Crippen LogP contribution in [0.5, 0.6) is 0 Å². The van der Waals surface area contributed by atoms with Gasteiger partial charge < -0.3 is 10.2 Å². The molecule has 0 aliphatic rings. The van der Waals surface area contributed by atoms with E-state index in [1.54, 1.807) is 27.6 Å². The minimum absolute atomic E-state index is 0.166. The van der Waals surface area contributed by atoms with Crippen LogP contribution in [-0.4, -0.2) is 27.7 Å².